The predicted molar refractivity (Wildman–Crippen MR) is 84.3 cm³/mol. The molecule has 2 aromatic rings. The van der Waals surface area contributed by atoms with Crippen molar-refractivity contribution in [3.8, 4) is 0 Å². The molecule has 7 heteroatoms. The monoisotopic (exact) mass is 317 g/mol. The van der Waals surface area contributed by atoms with Crippen LogP contribution in [0, 0.1) is 17.0 Å². The Balaban J connectivity index is 2.09. The Kier molecular flexibility index (Phi) is 4.85. The highest BCUT2D eigenvalue weighted by Crippen LogP contribution is 2.19. The minimum absolute atomic E-state index is 0.105. The van der Waals surface area contributed by atoms with Gasteiger partial charge in [0.15, 0.2) is 0 Å². The number of hydrogen-bond acceptors (Lipinski definition) is 4. The second-order valence-corrected chi connectivity index (χ2v) is 4.95. The first-order valence-electron chi connectivity index (χ1n) is 6.31. The van der Waals surface area contributed by atoms with Gasteiger partial charge in [-0.1, -0.05) is 29.8 Å². The van der Waals surface area contributed by atoms with Gasteiger partial charge in [0.25, 0.3) is 11.6 Å². The molecular formula is C15H12ClN3O3. The van der Waals surface area contributed by atoms with E-state index in [1.54, 1.807) is 31.2 Å². The van der Waals surface area contributed by atoms with Crippen molar-refractivity contribution in [1.82, 2.24) is 5.43 Å². The molecule has 0 saturated carbocycles. The van der Waals surface area contributed by atoms with Gasteiger partial charge in [-0.3, -0.25) is 14.9 Å². The minimum atomic E-state index is -0.527. The maximum absolute atomic E-state index is 11.9. The van der Waals surface area contributed by atoms with E-state index in [0.29, 0.717) is 10.6 Å². The number of amides is 1. The maximum atomic E-state index is 11.9. The Hall–Kier alpha value is -2.73. The second-order valence-electron chi connectivity index (χ2n) is 4.51. The van der Waals surface area contributed by atoms with Crippen molar-refractivity contribution < 1.29 is 9.72 Å². The van der Waals surface area contributed by atoms with Crippen LogP contribution in [0.1, 0.15) is 21.5 Å². The molecule has 112 valence electrons. The van der Waals surface area contributed by atoms with Crippen LogP contribution >= 0.6 is 11.6 Å². The van der Waals surface area contributed by atoms with E-state index < -0.39 is 10.8 Å². The van der Waals surface area contributed by atoms with E-state index >= 15 is 0 Å². The molecule has 1 N–H and O–H groups in total. The Morgan fingerprint density at radius 1 is 1.32 bits per heavy atom. The van der Waals surface area contributed by atoms with E-state index in [1.807, 2.05) is 0 Å². The molecule has 0 aliphatic heterocycles. The molecule has 0 heterocycles. The van der Waals surface area contributed by atoms with Crippen molar-refractivity contribution in [3.05, 3.63) is 74.3 Å². The summed E-state index contributed by atoms with van der Waals surface area (Å²) in [5.74, 6) is -0.527. The largest absolute Gasteiger partial charge is 0.273 e. The molecule has 2 aromatic carbocycles. The molecule has 22 heavy (non-hydrogen) atoms. The van der Waals surface area contributed by atoms with E-state index in [4.69, 9.17) is 11.6 Å². The highest BCUT2D eigenvalue weighted by molar-refractivity contribution is 6.30. The van der Waals surface area contributed by atoms with Crippen LogP contribution < -0.4 is 5.43 Å². The van der Waals surface area contributed by atoms with Crippen LogP contribution in [0.5, 0.6) is 0 Å². The number of nitrogens with one attached hydrogen (secondary N) is 1. The van der Waals surface area contributed by atoms with Gasteiger partial charge in [-0.05, 0) is 30.7 Å². The van der Waals surface area contributed by atoms with E-state index in [0.717, 1.165) is 5.56 Å². The second kappa shape index (κ2) is 6.82. The number of benzene rings is 2. The quantitative estimate of drug-likeness (QED) is 0.533. The molecule has 0 radical (unpaired) electrons. The highest BCUT2D eigenvalue weighted by atomic mass is 35.5. The molecule has 0 spiro atoms. The molecule has 6 nitrogen and oxygen atoms in total. The molecule has 0 bridgehead atoms. The smallest absolute Gasteiger partial charge is 0.267 e. The first kappa shape index (κ1) is 15.7. The van der Waals surface area contributed by atoms with Gasteiger partial charge in [-0.25, -0.2) is 5.43 Å². The number of hydrazone groups is 1. The summed E-state index contributed by atoms with van der Waals surface area (Å²) in [6.07, 6.45) is 1.44. The third-order valence-electron chi connectivity index (χ3n) is 2.90. The maximum Gasteiger partial charge on any atom is 0.273 e. The van der Waals surface area contributed by atoms with Gasteiger partial charge in [0.2, 0.25) is 0 Å². The van der Waals surface area contributed by atoms with Crippen LogP contribution in [0.2, 0.25) is 5.02 Å². The number of halogens is 1. The fraction of sp³-hybridized carbons (Fsp3) is 0.0667. The summed E-state index contributed by atoms with van der Waals surface area (Å²) in [6, 6.07) is 11.2. The zero-order valence-corrected chi connectivity index (χ0v) is 12.4. The topological polar surface area (TPSA) is 84.6 Å². The molecule has 0 unspecified atom stereocenters. The average Bonchev–Trinajstić information content (AvgIpc) is 2.47. The minimum Gasteiger partial charge on any atom is -0.267 e. The third-order valence-corrected chi connectivity index (χ3v) is 3.13. The summed E-state index contributed by atoms with van der Waals surface area (Å²) in [6.45, 7) is 1.61. The molecule has 1 amide bonds. The molecule has 0 fully saturated rings. The molecular weight excluding hydrogens is 306 g/mol. The van der Waals surface area contributed by atoms with E-state index in [9.17, 15) is 14.9 Å². The van der Waals surface area contributed by atoms with Crippen molar-refractivity contribution in [3.63, 3.8) is 0 Å². The molecule has 0 aromatic heterocycles. The van der Waals surface area contributed by atoms with Crippen LogP contribution in [-0.2, 0) is 0 Å². The fourth-order valence-electron chi connectivity index (χ4n) is 1.76. The summed E-state index contributed by atoms with van der Waals surface area (Å²) in [5.41, 5.74) is 3.59. The normalized spacial score (nSPS) is 10.6. The standard InChI is InChI=1S/C15H12ClN3O3/c1-10-5-6-12(8-14(10)19(21)22)15(20)18-17-9-11-3-2-4-13(16)7-11/h2-9H,1H3,(H,18,20). The van der Waals surface area contributed by atoms with Gasteiger partial charge in [0, 0.05) is 22.2 Å². The number of rotatable bonds is 4. The van der Waals surface area contributed by atoms with Crippen LogP contribution in [0.15, 0.2) is 47.6 Å². The van der Waals surface area contributed by atoms with Crippen LogP contribution in [0.4, 0.5) is 5.69 Å². The number of carbonyl (C=O) groups excluding carboxylic acids is 1. The van der Waals surface area contributed by atoms with E-state index in [2.05, 4.69) is 10.5 Å². The lowest BCUT2D eigenvalue weighted by molar-refractivity contribution is -0.385. The zero-order chi connectivity index (χ0) is 16.1. The van der Waals surface area contributed by atoms with Gasteiger partial charge in [-0.2, -0.15) is 5.10 Å². The van der Waals surface area contributed by atoms with Gasteiger partial charge >= 0.3 is 0 Å². The Morgan fingerprint density at radius 3 is 2.77 bits per heavy atom. The summed E-state index contributed by atoms with van der Waals surface area (Å²) in [4.78, 5) is 22.2. The average molecular weight is 318 g/mol. The summed E-state index contributed by atoms with van der Waals surface area (Å²) >= 11 is 5.83. The number of aryl methyl sites for hydroxylation is 1. The van der Waals surface area contributed by atoms with Crippen molar-refractivity contribution in [2.24, 2.45) is 5.10 Å². The molecule has 0 aliphatic rings. The van der Waals surface area contributed by atoms with Crippen LogP contribution in [0.25, 0.3) is 0 Å². The number of nitrogens with zero attached hydrogens (tertiary/aromatic N) is 2. The molecule has 0 atom stereocenters. The van der Waals surface area contributed by atoms with Crippen molar-refractivity contribution in [2.45, 2.75) is 6.92 Å². The molecule has 0 aliphatic carbocycles. The first-order chi connectivity index (χ1) is 10.5. The van der Waals surface area contributed by atoms with Crippen molar-refractivity contribution in [1.29, 1.82) is 0 Å². The number of hydrogen-bond donors (Lipinski definition) is 1. The molecule has 0 saturated heterocycles. The van der Waals surface area contributed by atoms with Crippen LogP contribution in [0.3, 0.4) is 0 Å². The van der Waals surface area contributed by atoms with Gasteiger partial charge in [0.05, 0.1) is 11.1 Å². The van der Waals surface area contributed by atoms with E-state index in [1.165, 1.54) is 24.4 Å². The number of nitro groups is 1. The lowest BCUT2D eigenvalue weighted by Gasteiger charge is -2.02. The van der Waals surface area contributed by atoms with Crippen LogP contribution in [-0.4, -0.2) is 17.0 Å². The van der Waals surface area contributed by atoms with Gasteiger partial charge < -0.3 is 0 Å². The summed E-state index contributed by atoms with van der Waals surface area (Å²) < 4.78 is 0. The number of nitro benzene ring substituents is 1. The highest BCUT2D eigenvalue weighted by Gasteiger charge is 2.14. The van der Waals surface area contributed by atoms with E-state index in [-0.39, 0.29) is 11.3 Å². The zero-order valence-electron chi connectivity index (χ0n) is 11.6. The SMILES string of the molecule is Cc1ccc(C(=O)NN=Cc2cccc(Cl)c2)cc1[N+](=O)[O-]. The Bertz CT molecular complexity index is 759. The van der Waals surface area contributed by atoms with Crippen molar-refractivity contribution in [2.75, 3.05) is 0 Å². The number of carbonyl (C=O) groups is 1. The fourth-order valence-corrected chi connectivity index (χ4v) is 1.96. The lowest BCUT2D eigenvalue weighted by atomic mass is 10.1. The Labute approximate surface area is 131 Å². The first-order valence-corrected chi connectivity index (χ1v) is 6.69. The summed E-state index contributed by atoms with van der Waals surface area (Å²) in [5, 5.41) is 15.2. The van der Waals surface area contributed by atoms with Gasteiger partial charge in [0.1, 0.15) is 0 Å². The summed E-state index contributed by atoms with van der Waals surface area (Å²) in [7, 11) is 0. The predicted octanol–water partition coefficient (Wildman–Crippen LogP) is 3.32. The molecule has 2 rings (SSSR count). The van der Waals surface area contributed by atoms with Gasteiger partial charge in [-0.15, -0.1) is 0 Å². The lowest BCUT2D eigenvalue weighted by Crippen LogP contribution is -2.17. The third kappa shape index (κ3) is 3.89. The Morgan fingerprint density at radius 2 is 2.09 bits per heavy atom. The van der Waals surface area contributed by atoms with Crippen molar-refractivity contribution >= 4 is 29.4 Å².